The number of carbonyl (C=O) groups excluding carboxylic acids is 1. The molecule has 0 saturated heterocycles. The molecular weight excluding hydrogens is 580 g/mol. The van der Waals surface area contributed by atoms with Crippen LogP contribution in [0.2, 0.25) is 0 Å². The highest BCUT2D eigenvalue weighted by Crippen LogP contribution is 2.32. The number of ether oxygens (including phenoxy) is 3. The second-order valence-electron chi connectivity index (χ2n) is 11.0. The first-order valence-corrected chi connectivity index (χ1v) is 15.5. The minimum atomic E-state index is -4.07. The fourth-order valence-electron chi connectivity index (χ4n) is 4.44. The Morgan fingerprint density at radius 2 is 1.66 bits per heavy atom. The molecule has 0 aliphatic heterocycles. The molecule has 2 N–H and O–H groups in total. The number of alkyl carbamates (subject to hydrolysis) is 1. The number of nitrogens with zero attached hydrogens (tertiary/aromatic N) is 2. The van der Waals surface area contributed by atoms with Gasteiger partial charge < -0.3 is 24.4 Å². The second-order valence-corrected chi connectivity index (χ2v) is 12.6. The molecule has 1 heterocycles. The molecular formula is C33H38N4O6S. The van der Waals surface area contributed by atoms with Gasteiger partial charge in [-0.15, -0.1) is 0 Å². The van der Waals surface area contributed by atoms with E-state index < -0.39 is 21.7 Å². The fraction of sp³-hybridized carbons (Fsp3) is 0.273. The Labute approximate surface area is 259 Å². The van der Waals surface area contributed by atoms with E-state index in [2.05, 4.69) is 19.9 Å². The van der Waals surface area contributed by atoms with E-state index in [-0.39, 0.29) is 10.6 Å². The first-order valence-electron chi connectivity index (χ1n) is 14.0. The molecule has 44 heavy (non-hydrogen) atoms. The molecule has 3 aromatic carbocycles. The molecule has 0 fully saturated rings. The number of hydrogen-bond acceptors (Lipinski definition) is 8. The molecule has 11 heteroatoms. The Hall–Kier alpha value is -4.77. The SMILES string of the molecule is COc1cncc(-c2ccc(OC)c(S(=O)(=O)Nc3cccc(N(CCNC(=O)OC(C)(C)C)Cc4ccccc4)c3)c2)c1. The quantitative estimate of drug-likeness (QED) is 0.196. The molecule has 0 atom stereocenters. The first-order chi connectivity index (χ1) is 21.0. The second kappa shape index (κ2) is 14.1. The van der Waals surface area contributed by atoms with E-state index in [4.69, 9.17) is 14.2 Å². The third-order valence-corrected chi connectivity index (χ3v) is 7.87. The monoisotopic (exact) mass is 618 g/mol. The van der Waals surface area contributed by atoms with Crippen LogP contribution in [0.3, 0.4) is 0 Å². The number of rotatable bonds is 12. The molecule has 1 amide bonds. The molecule has 0 aliphatic rings. The van der Waals surface area contributed by atoms with Crippen LogP contribution in [-0.4, -0.2) is 52.4 Å². The van der Waals surface area contributed by atoms with Gasteiger partial charge in [-0.3, -0.25) is 9.71 Å². The van der Waals surface area contributed by atoms with Gasteiger partial charge in [-0.05, 0) is 68.3 Å². The van der Waals surface area contributed by atoms with Gasteiger partial charge in [0.2, 0.25) is 0 Å². The van der Waals surface area contributed by atoms with E-state index >= 15 is 0 Å². The lowest BCUT2D eigenvalue weighted by Crippen LogP contribution is -2.38. The van der Waals surface area contributed by atoms with Gasteiger partial charge in [0, 0.05) is 37.1 Å². The van der Waals surface area contributed by atoms with E-state index in [1.807, 2.05) is 57.2 Å². The summed E-state index contributed by atoms with van der Waals surface area (Å²) in [5.74, 6) is 0.756. The first kappa shape index (κ1) is 32.2. The van der Waals surface area contributed by atoms with Crippen molar-refractivity contribution in [1.82, 2.24) is 10.3 Å². The minimum absolute atomic E-state index is 0.0200. The fourth-order valence-corrected chi connectivity index (χ4v) is 5.69. The Balaban J connectivity index is 1.59. The molecule has 0 aliphatic carbocycles. The summed E-state index contributed by atoms with van der Waals surface area (Å²) in [7, 11) is -1.10. The van der Waals surface area contributed by atoms with E-state index in [0.29, 0.717) is 42.2 Å². The number of nitrogens with one attached hydrogen (secondary N) is 2. The number of carbonyl (C=O) groups is 1. The van der Waals surface area contributed by atoms with Crippen molar-refractivity contribution in [2.24, 2.45) is 0 Å². The van der Waals surface area contributed by atoms with Crippen molar-refractivity contribution in [3.63, 3.8) is 0 Å². The van der Waals surface area contributed by atoms with Crippen LogP contribution in [0.4, 0.5) is 16.2 Å². The van der Waals surface area contributed by atoms with Crippen LogP contribution in [0.25, 0.3) is 11.1 Å². The topological polar surface area (TPSA) is 119 Å². The predicted octanol–water partition coefficient (Wildman–Crippen LogP) is 6.10. The van der Waals surface area contributed by atoms with E-state index in [9.17, 15) is 13.2 Å². The van der Waals surface area contributed by atoms with Gasteiger partial charge in [-0.2, -0.15) is 0 Å². The number of sulfonamides is 1. The van der Waals surface area contributed by atoms with Gasteiger partial charge in [0.1, 0.15) is 22.0 Å². The molecule has 10 nitrogen and oxygen atoms in total. The lowest BCUT2D eigenvalue weighted by molar-refractivity contribution is 0.0529. The van der Waals surface area contributed by atoms with Crippen molar-refractivity contribution in [1.29, 1.82) is 0 Å². The summed E-state index contributed by atoms with van der Waals surface area (Å²) in [5.41, 5.74) is 2.93. The van der Waals surface area contributed by atoms with Gasteiger partial charge >= 0.3 is 6.09 Å². The van der Waals surface area contributed by atoms with Crippen molar-refractivity contribution in [3.05, 3.63) is 96.8 Å². The van der Waals surface area contributed by atoms with Crippen LogP contribution in [0.15, 0.2) is 96.2 Å². The van der Waals surface area contributed by atoms with Gasteiger partial charge in [0.05, 0.1) is 26.1 Å². The Morgan fingerprint density at radius 1 is 0.886 bits per heavy atom. The van der Waals surface area contributed by atoms with E-state index in [0.717, 1.165) is 11.3 Å². The molecule has 0 unspecified atom stereocenters. The predicted molar refractivity (Wildman–Crippen MR) is 172 cm³/mol. The summed E-state index contributed by atoms with van der Waals surface area (Å²) in [6.45, 7) is 6.74. The Morgan fingerprint density at radius 3 is 2.36 bits per heavy atom. The summed E-state index contributed by atoms with van der Waals surface area (Å²) < 4.78 is 46.2. The Kier molecular flexibility index (Phi) is 10.3. The van der Waals surface area contributed by atoms with Crippen molar-refractivity contribution in [2.45, 2.75) is 37.8 Å². The Bertz CT molecular complexity index is 1670. The van der Waals surface area contributed by atoms with E-state index in [1.165, 1.54) is 7.11 Å². The number of anilines is 2. The molecule has 4 aromatic rings. The largest absolute Gasteiger partial charge is 0.495 e. The summed E-state index contributed by atoms with van der Waals surface area (Å²) in [6.07, 6.45) is 2.71. The summed E-state index contributed by atoms with van der Waals surface area (Å²) in [4.78, 5) is 18.4. The van der Waals surface area contributed by atoms with Crippen LogP contribution in [-0.2, 0) is 21.3 Å². The zero-order valence-corrected chi connectivity index (χ0v) is 26.4. The van der Waals surface area contributed by atoms with Gasteiger partial charge in [-0.1, -0.05) is 42.5 Å². The molecule has 232 valence electrons. The lowest BCUT2D eigenvalue weighted by atomic mass is 10.1. The zero-order chi connectivity index (χ0) is 31.7. The highest BCUT2D eigenvalue weighted by atomic mass is 32.2. The maximum Gasteiger partial charge on any atom is 0.407 e. The van der Waals surface area contributed by atoms with Gasteiger partial charge in [0.15, 0.2) is 0 Å². The van der Waals surface area contributed by atoms with Crippen molar-refractivity contribution < 1.29 is 27.4 Å². The van der Waals surface area contributed by atoms with Crippen molar-refractivity contribution in [2.75, 3.05) is 36.9 Å². The number of methoxy groups -OCH3 is 2. The molecule has 0 bridgehead atoms. The standard InChI is InChI=1S/C33H38N4O6S/c1-33(2,3)43-32(38)35-16-17-37(23-24-10-7-6-8-11-24)28-13-9-12-27(20-28)36-44(39,40)31-19-25(14-15-30(31)42-5)26-18-29(41-4)22-34-21-26/h6-15,18-22,36H,16-17,23H2,1-5H3,(H,35,38). The summed E-state index contributed by atoms with van der Waals surface area (Å²) >= 11 is 0. The zero-order valence-electron chi connectivity index (χ0n) is 25.5. The molecule has 0 spiro atoms. The van der Waals surface area contributed by atoms with E-state index in [1.54, 1.807) is 62.0 Å². The maximum absolute atomic E-state index is 13.7. The van der Waals surface area contributed by atoms with Gasteiger partial charge in [-0.25, -0.2) is 13.2 Å². The highest BCUT2D eigenvalue weighted by molar-refractivity contribution is 7.92. The number of benzene rings is 3. The third-order valence-electron chi connectivity index (χ3n) is 6.47. The van der Waals surface area contributed by atoms with Crippen LogP contribution in [0.5, 0.6) is 11.5 Å². The molecule has 0 saturated carbocycles. The number of aromatic nitrogens is 1. The van der Waals surface area contributed by atoms with Crippen molar-refractivity contribution in [3.8, 4) is 22.6 Å². The summed E-state index contributed by atoms with van der Waals surface area (Å²) in [6, 6.07) is 23.7. The maximum atomic E-state index is 13.7. The van der Waals surface area contributed by atoms with Crippen LogP contribution in [0, 0.1) is 0 Å². The normalized spacial score (nSPS) is 11.4. The minimum Gasteiger partial charge on any atom is -0.495 e. The van der Waals surface area contributed by atoms with Crippen LogP contribution in [0.1, 0.15) is 26.3 Å². The lowest BCUT2D eigenvalue weighted by Gasteiger charge is -2.26. The van der Waals surface area contributed by atoms with Crippen LogP contribution < -0.4 is 24.4 Å². The number of pyridine rings is 1. The molecule has 4 rings (SSSR count). The average Bonchev–Trinajstić information content (AvgIpc) is 3.00. The van der Waals surface area contributed by atoms with Crippen LogP contribution >= 0.6 is 0 Å². The highest BCUT2D eigenvalue weighted by Gasteiger charge is 2.22. The molecule has 1 aromatic heterocycles. The number of hydrogen-bond donors (Lipinski definition) is 2. The summed E-state index contributed by atoms with van der Waals surface area (Å²) in [5, 5.41) is 2.80. The van der Waals surface area contributed by atoms with Crippen molar-refractivity contribution >= 4 is 27.5 Å². The smallest absolute Gasteiger partial charge is 0.407 e. The average molecular weight is 619 g/mol. The van der Waals surface area contributed by atoms with Gasteiger partial charge in [0.25, 0.3) is 10.0 Å². The number of amides is 1. The third kappa shape index (κ3) is 8.87. The molecule has 0 radical (unpaired) electrons.